The van der Waals surface area contributed by atoms with Crippen LogP contribution < -0.4 is 0 Å². The Morgan fingerprint density at radius 2 is 2.18 bits per heavy atom. The number of nitrogens with zero attached hydrogens (tertiary/aromatic N) is 2. The summed E-state index contributed by atoms with van der Waals surface area (Å²) in [6, 6.07) is 6.41. The highest BCUT2D eigenvalue weighted by atomic mass is 35.5. The van der Waals surface area contributed by atoms with Gasteiger partial charge in [-0.15, -0.1) is 11.6 Å². The van der Waals surface area contributed by atoms with Crippen molar-refractivity contribution in [2.24, 2.45) is 0 Å². The van der Waals surface area contributed by atoms with Crippen LogP contribution in [0, 0.1) is 6.92 Å². The maximum absolute atomic E-state index is 6.22. The smallest absolute Gasteiger partial charge is 0.127 e. The zero-order chi connectivity index (χ0) is 12.4. The van der Waals surface area contributed by atoms with Crippen molar-refractivity contribution < 1.29 is 0 Å². The molecule has 92 valence electrons. The van der Waals surface area contributed by atoms with Gasteiger partial charge in [-0.3, -0.25) is 0 Å². The highest BCUT2D eigenvalue weighted by Crippen LogP contribution is 2.25. The molecule has 1 unspecified atom stereocenters. The van der Waals surface area contributed by atoms with Crippen molar-refractivity contribution in [2.75, 3.05) is 0 Å². The fourth-order valence-electron chi connectivity index (χ4n) is 2.11. The second-order valence-corrected chi connectivity index (χ2v) is 5.24. The van der Waals surface area contributed by atoms with E-state index in [-0.39, 0.29) is 5.38 Å². The molecule has 17 heavy (non-hydrogen) atoms. The maximum atomic E-state index is 6.22. The third-order valence-electron chi connectivity index (χ3n) is 3.02. The Labute approximate surface area is 108 Å². The fourth-order valence-corrected chi connectivity index (χ4v) is 2.28. The Morgan fingerprint density at radius 3 is 2.82 bits per heavy atom. The molecule has 0 bridgehead atoms. The molecule has 0 fully saturated rings. The molecule has 0 aliphatic rings. The van der Waals surface area contributed by atoms with Gasteiger partial charge in [-0.2, -0.15) is 0 Å². The second-order valence-electron chi connectivity index (χ2n) is 4.58. The summed E-state index contributed by atoms with van der Waals surface area (Å²) in [7, 11) is 0. The molecular formula is C14H19ClN2. The minimum absolute atomic E-state index is 0.0421. The number of hydrogen-bond acceptors (Lipinski definition) is 1. The lowest BCUT2D eigenvalue weighted by molar-refractivity contribution is 0.616. The number of unbranched alkanes of at least 4 members (excludes halogenated alkanes) is 1. The minimum atomic E-state index is -0.0421. The van der Waals surface area contributed by atoms with Crippen molar-refractivity contribution >= 4 is 22.6 Å². The van der Waals surface area contributed by atoms with Crippen molar-refractivity contribution in [2.45, 2.75) is 45.5 Å². The molecule has 0 amide bonds. The van der Waals surface area contributed by atoms with Gasteiger partial charge in [0.15, 0.2) is 0 Å². The molecule has 1 heterocycles. The van der Waals surface area contributed by atoms with Gasteiger partial charge in [0.05, 0.1) is 16.4 Å². The van der Waals surface area contributed by atoms with Gasteiger partial charge in [0.25, 0.3) is 0 Å². The van der Waals surface area contributed by atoms with Crippen LogP contribution in [0.15, 0.2) is 18.2 Å². The molecule has 2 aromatic rings. The van der Waals surface area contributed by atoms with Gasteiger partial charge in [0.1, 0.15) is 5.82 Å². The minimum Gasteiger partial charge on any atom is -0.327 e. The molecule has 0 saturated heterocycles. The largest absolute Gasteiger partial charge is 0.327 e. The van der Waals surface area contributed by atoms with E-state index in [0.717, 1.165) is 24.3 Å². The van der Waals surface area contributed by atoms with Crippen molar-refractivity contribution in [3.63, 3.8) is 0 Å². The molecular weight excluding hydrogens is 232 g/mol. The van der Waals surface area contributed by atoms with Crippen molar-refractivity contribution in [3.05, 3.63) is 29.6 Å². The van der Waals surface area contributed by atoms with Crippen LogP contribution in [0.3, 0.4) is 0 Å². The monoisotopic (exact) mass is 250 g/mol. The van der Waals surface area contributed by atoms with Gasteiger partial charge < -0.3 is 4.57 Å². The SMILES string of the molecule is CCCCn1c(C(C)Cl)nc2cc(C)ccc21. The van der Waals surface area contributed by atoms with Crippen LogP contribution >= 0.6 is 11.6 Å². The number of rotatable bonds is 4. The van der Waals surface area contributed by atoms with Gasteiger partial charge in [-0.1, -0.05) is 19.4 Å². The maximum Gasteiger partial charge on any atom is 0.127 e. The Kier molecular flexibility index (Phi) is 3.72. The summed E-state index contributed by atoms with van der Waals surface area (Å²) in [5, 5.41) is -0.0421. The van der Waals surface area contributed by atoms with E-state index in [9.17, 15) is 0 Å². The predicted octanol–water partition coefficient (Wildman–Crippen LogP) is 4.44. The second kappa shape index (κ2) is 5.09. The van der Waals surface area contributed by atoms with Crippen LogP contribution in [0.4, 0.5) is 0 Å². The molecule has 0 aliphatic carbocycles. The highest BCUT2D eigenvalue weighted by Gasteiger charge is 2.14. The Balaban J connectivity index is 2.54. The molecule has 2 nitrogen and oxygen atoms in total. The first-order valence-electron chi connectivity index (χ1n) is 6.24. The van der Waals surface area contributed by atoms with Crippen LogP contribution in [0.25, 0.3) is 11.0 Å². The number of halogens is 1. The zero-order valence-electron chi connectivity index (χ0n) is 10.7. The van der Waals surface area contributed by atoms with E-state index < -0.39 is 0 Å². The summed E-state index contributed by atoms with van der Waals surface area (Å²) in [5.74, 6) is 0.987. The van der Waals surface area contributed by atoms with Crippen LogP contribution in [0.2, 0.25) is 0 Å². The third kappa shape index (κ3) is 2.47. The average molecular weight is 251 g/mol. The quantitative estimate of drug-likeness (QED) is 0.734. The van der Waals surface area contributed by atoms with Gasteiger partial charge in [-0.25, -0.2) is 4.98 Å². The standard InChI is InChI=1S/C14H19ClN2/c1-4-5-8-17-13-7-6-10(2)9-12(13)16-14(17)11(3)15/h6-7,9,11H,4-5,8H2,1-3H3. The van der Waals surface area contributed by atoms with E-state index in [1.54, 1.807) is 0 Å². The van der Waals surface area contributed by atoms with E-state index in [2.05, 4.69) is 41.6 Å². The van der Waals surface area contributed by atoms with Gasteiger partial charge in [0, 0.05) is 6.54 Å². The Hall–Kier alpha value is -1.02. The Bertz CT molecular complexity index is 514. The van der Waals surface area contributed by atoms with Crippen molar-refractivity contribution in [1.29, 1.82) is 0 Å². The Morgan fingerprint density at radius 1 is 1.41 bits per heavy atom. The zero-order valence-corrected chi connectivity index (χ0v) is 11.5. The number of imidazole rings is 1. The van der Waals surface area contributed by atoms with Gasteiger partial charge >= 0.3 is 0 Å². The molecule has 1 aromatic heterocycles. The summed E-state index contributed by atoms with van der Waals surface area (Å²) in [4.78, 5) is 4.66. The number of alkyl halides is 1. The number of aromatic nitrogens is 2. The van der Waals surface area contributed by atoms with E-state index >= 15 is 0 Å². The number of benzene rings is 1. The first kappa shape index (κ1) is 12.4. The summed E-state index contributed by atoms with van der Waals surface area (Å²) >= 11 is 6.22. The van der Waals surface area contributed by atoms with Crippen molar-refractivity contribution in [1.82, 2.24) is 9.55 Å². The lowest BCUT2D eigenvalue weighted by Crippen LogP contribution is -2.04. The lowest BCUT2D eigenvalue weighted by Gasteiger charge is -2.09. The highest BCUT2D eigenvalue weighted by molar-refractivity contribution is 6.20. The molecule has 0 saturated carbocycles. The molecule has 1 atom stereocenters. The molecule has 2 rings (SSSR count). The molecule has 0 spiro atoms. The van der Waals surface area contributed by atoms with Crippen LogP contribution in [-0.4, -0.2) is 9.55 Å². The first-order valence-corrected chi connectivity index (χ1v) is 6.68. The molecule has 3 heteroatoms. The lowest BCUT2D eigenvalue weighted by atomic mass is 10.2. The molecule has 0 aliphatic heterocycles. The van der Waals surface area contributed by atoms with Crippen LogP contribution in [0.5, 0.6) is 0 Å². The van der Waals surface area contributed by atoms with Crippen LogP contribution in [-0.2, 0) is 6.54 Å². The van der Waals surface area contributed by atoms with Crippen molar-refractivity contribution in [3.8, 4) is 0 Å². The number of fused-ring (bicyclic) bond motifs is 1. The van der Waals surface area contributed by atoms with E-state index in [4.69, 9.17) is 11.6 Å². The topological polar surface area (TPSA) is 17.8 Å². The van der Waals surface area contributed by atoms with Crippen LogP contribution in [0.1, 0.15) is 43.5 Å². The third-order valence-corrected chi connectivity index (χ3v) is 3.22. The molecule has 0 N–H and O–H groups in total. The van der Waals surface area contributed by atoms with E-state index in [1.165, 1.54) is 17.5 Å². The molecule has 1 aromatic carbocycles. The van der Waals surface area contributed by atoms with E-state index in [1.807, 2.05) is 6.92 Å². The first-order chi connectivity index (χ1) is 8.13. The summed E-state index contributed by atoms with van der Waals surface area (Å²) in [6.07, 6.45) is 2.34. The average Bonchev–Trinajstić information content (AvgIpc) is 2.64. The fraction of sp³-hybridized carbons (Fsp3) is 0.500. The summed E-state index contributed by atoms with van der Waals surface area (Å²) < 4.78 is 2.26. The summed E-state index contributed by atoms with van der Waals surface area (Å²) in [5.41, 5.74) is 3.50. The van der Waals surface area contributed by atoms with E-state index in [0.29, 0.717) is 0 Å². The van der Waals surface area contributed by atoms with Gasteiger partial charge in [0.2, 0.25) is 0 Å². The normalized spacial score (nSPS) is 13.2. The number of aryl methyl sites for hydroxylation is 2. The summed E-state index contributed by atoms with van der Waals surface area (Å²) in [6.45, 7) is 7.28. The van der Waals surface area contributed by atoms with Gasteiger partial charge in [-0.05, 0) is 38.0 Å². The molecule has 0 radical (unpaired) electrons. The number of hydrogen-bond donors (Lipinski definition) is 0. The predicted molar refractivity (Wildman–Crippen MR) is 73.6 cm³/mol.